The van der Waals surface area contributed by atoms with Crippen molar-refractivity contribution in [3.8, 4) is 0 Å². The van der Waals surface area contributed by atoms with Crippen molar-refractivity contribution in [2.24, 2.45) is 0 Å². The largest absolute Gasteiger partial charge is 0.395 e. The van der Waals surface area contributed by atoms with Crippen molar-refractivity contribution in [1.29, 1.82) is 0 Å². The number of aliphatic hydroxyl groups is 2. The van der Waals surface area contributed by atoms with E-state index in [1.807, 2.05) is 35.2 Å². The molecule has 19 heavy (non-hydrogen) atoms. The van der Waals surface area contributed by atoms with E-state index in [0.717, 1.165) is 5.56 Å². The van der Waals surface area contributed by atoms with E-state index in [1.165, 1.54) is 6.92 Å². The molecule has 0 radical (unpaired) electrons. The highest BCUT2D eigenvalue weighted by Crippen LogP contribution is 2.21. The van der Waals surface area contributed by atoms with Crippen molar-refractivity contribution in [3.63, 3.8) is 0 Å². The van der Waals surface area contributed by atoms with Crippen LogP contribution in [0.15, 0.2) is 30.3 Å². The van der Waals surface area contributed by atoms with Gasteiger partial charge in [-0.2, -0.15) is 0 Å². The Morgan fingerprint density at radius 2 is 2.11 bits per heavy atom. The highest BCUT2D eigenvalue weighted by Gasteiger charge is 2.40. The van der Waals surface area contributed by atoms with Crippen LogP contribution >= 0.6 is 0 Å². The van der Waals surface area contributed by atoms with E-state index in [0.29, 0.717) is 13.1 Å². The van der Waals surface area contributed by atoms with Crippen LogP contribution in [0.5, 0.6) is 0 Å². The summed E-state index contributed by atoms with van der Waals surface area (Å²) < 4.78 is 0. The summed E-state index contributed by atoms with van der Waals surface area (Å²) in [5.74, 6) is -0.165. The second-order valence-electron chi connectivity index (χ2n) is 4.96. The number of likely N-dealkylation sites (tertiary alicyclic amines) is 1. The summed E-state index contributed by atoms with van der Waals surface area (Å²) in [6, 6.07) is 9.23. The third-order valence-corrected chi connectivity index (χ3v) is 3.51. The van der Waals surface area contributed by atoms with Gasteiger partial charge in [0, 0.05) is 20.0 Å². The first-order chi connectivity index (χ1) is 9.11. The van der Waals surface area contributed by atoms with Crippen LogP contribution in [0.2, 0.25) is 0 Å². The van der Waals surface area contributed by atoms with Gasteiger partial charge in [0.2, 0.25) is 5.91 Å². The minimum Gasteiger partial charge on any atom is -0.395 e. The number of rotatable bonds is 4. The van der Waals surface area contributed by atoms with Gasteiger partial charge in [-0.25, -0.2) is 0 Å². The zero-order valence-electron chi connectivity index (χ0n) is 11.0. The number of carbonyl (C=O) groups is 1. The molecule has 1 amide bonds. The first kappa shape index (κ1) is 14.0. The van der Waals surface area contributed by atoms with Gasteiger partial charge in [-0.05, 0) is 5.56 Å². The van der Waals surface area contributed by atoms with Crippen LogP contribution in [0, 0.1) is 0 Å². The molecule has 5 nitrogen and oxygen atoms in total. The van der Waals surface area contributed by atoms with Gasteiger partial charge in [0.1, 0.15) is 0 Å². The van der Waals surface area contributed by atoms with E-state index in [2.05, 4.69) is 5.32 Å². The molecule has 1 fully saturated rings. The summed E-state index contributed by atoms with van der Waals surface area (Å²) in [5.41, 5.74) is 1.12. The van der Waals surface area contributed by atoms with Crippen molar-refractivity contribution in [2.45, 2.75) is 31.7 Å². The molecule has 1 aliphatic heterocycles. The number of hydrogen-bond donors (Lipinski definition) is 3. The smallest absolute Gasteiger partial charge is 0.217 e. The zero-order chi connectivity index (χ0) is 13.8. The molecule has 0 saturated carbocycles. The van der Waals surface area contributed by atoms with Crippen LogP contribution in [0.25, 0.3) is 0 Å². The summed E-state index contributed by atoms with van der Waals surface area (Å²) in [6.45, 7) is 2.50. The van der Waals surface area contributed by atoms with Crippen molar-refractivity contribution in [3.05, 3.63) is 35.9 Å². The molecule has 3 N–H and O–H groups in total. The molecule has 3 atom stereocenters. The molecule has 1 aromatic carbocycles. The number of carbonyl (C=O) groups excluding carboxylic acids is 1. The molecule has 5 heteroatoms. The Morgan fingerprint density at radius 1 is 1.42 bits per heavy atom. The number of aliphatic hydroxyl groups excluding tert-OH is 2. The average molecular weight is 264 g/mol. The second kappa shape index (κ2) is 6.14. The maximum atomic E-state index is 11.1. The van der Waals surface area contributed by atoms with E-state index in [-0.39, 0.29) is 24.6 Å². The lowest BCUT2D eigenvalue weighted by molar-refractivity contribution is -0.120. The topological polar surface area (TPSA) is 72.8 Å². The molecule has 0 aliphatic carbocycles. The van der Waals surface area contributed by atoms with Gasteiger partial charge in [0.05, 0.1) is 24.8 Å². The molecule has 1 aromatic rings. The first-order valence-electron chi connectivity index (χ1n) is 6.46. The van der Waals surface area contributed by atoms with E-state index >= 15 is 0 Å². The standard InChI is InChI=1S/C14H20N2O3/c1-10(18)15-12-8-16(13(9-17)14(12)19)7-11-5-3-2-4-6-11/h2-6,12-14,17,19H,7-9H2,1H3,(H,15,18)/t12?,13-,14+/m0/s1. The van der Waals surface area contributed by atoms with Gasteiger partial charge >= 0.3 is 0 Å². The summed E-state index contributed by atoms with van der Waals surface area (Å²) in [5, 5.41) is 22.3. The molecule has 104 valence electrons. The van der Waals surface area contributed by atoms with Crippen molar-refractivity contribution in [1.82, 2.24) is 10.2 Å². The monoisotopic (exact) mass is 264 g/mol. The molecule has 1 saturated heterocycles. The summed E-state index contributed by atoms with van der Waals surface area (Å²) in [4.78, 5) is 13.1. The molecule has 2 rings (SSSR count). The highest BCUT2D eigenvalue weighted by atomic mass is 16.3. The van der Waals surface area contributed by atoms with Crippen molar-refractivity contribution >= 4 is 5.91 Å². The lowest BCUT2D eigenvalue weighted by atomic mass is 10.1. The van der Waals surface area contributed by atoms with E-state index in [4.69, 9.17) is 0 Å². The third-order valence-electron chi connectivity index (χ3n) is 3.51. The Morgan fingerprint density at radius 3 is 2.68 bits per heavy atom. The van der Waals surface area contributed by atoms with E-state index in [1.54, 1.807) is 0 Å². The molecular weight excluding hydrogens is 244 g/mol. The average Bonchev–Trinajstić information content (AvgIpc) is 2.66. The van der Waals surface area contributed by atoms with E-state index in [9.17, 15) is 15.0 Å². The maximum Gasteiger partial charge on any atom is 0.217 e. The van der Waals surface area contributed by atoms with Crippen LogP contribution in [-0.4, -0.2) is 52.4 Å². The first-order valence-corrected chi connectivity index (χ1v) is 6.46. The van der Waals surface area contributed by atoms with Gasteiger partial charge in [0.15, 0.2) is 0 Å². The Labute approximate surface area is 112 Å². The van der Waals surface area contributed by atoms with Crippen LogP contribution in [0.4, 0.5) is 0 Å². The molecule has 0 spiro atoms. The van der Waals surface area contributed by atoms with Gasteiger partial charge < -0.3 is 15.5 Å². The zero-order valence-corrected chi connectivity index (χ0v) is 11.0. The Balaban J connectivity index is 2.05. The lowest BCUT2D eigenvalue weighted by Crippen LogP contribution is -2.44. The number of amides is 1. The van der Waals surface area contributed by atoms with Crippen molar-refractivity contribution in [2.75, 3.05) is 13.2 Å². The van der Waals surface area contributed by atoms with Gasteiger partial charge in [-0.15, -0.1) is 0 Å². The Bertz CT molecular complexity index is 424. The molecule has 0 aromatic heterocycles. The fourth-order valence-electron chi connectivity index (χ4n) is 2.60. The predicted molar refractivity (Wildman–Crippen MR) is 71.3 cm³/mol. The fourth-order valence-corrected chi connectivity index (χ4v) is 2.60. The normalized spacial score (nSPS) is 27.4. The minimum absolute atomic E-state index is 0.121. The SMILES string of the molecule is CC(=O)NC1CN(Cc2ccccc2)[C@@H](CO)[C@@H]1O. The number of nitrogens with zero attached hydrogens (tertiary/aromatic N) is 1. The quantitative estimate of drug-likeness (QED) is 0.700. The molecule has 0 bridgehead atoms. The summed E-state index contributed by atoms with van der Waals surface area (Å²) >= 11 is 0. The Hall–Kier alpha value is -1.43. The number of benzene rings is 1. The minimum atomic E-state index is -0.738. The van der Waals surface area contributed by atoms with Crippen LogP contribution in [0.1, 0.15) is 12.5 Å². The maximum absolute atomic E-state index is 11.1. The summed E-state index contributed by atoms with van der Waals surface area (Å²) in [7, 11) is 0. The predicted octanol–water partition coefficient (Wildman–Crippen LogP) is -0.271. The molecule has 1 unspecified atom stereocenters. The summed E-state index contributed by atoms with van der Waals surface area (Å²) in [6.07, 6.45) is -0.738. The molecule has 1 aliphatic rings. The number of nitrogens with one attached hydrogen (secondary N) is 1. The van der Waals surface area contributed by atoms with Gasteiger partial charge in [-0.1, -0.05) is 30.3 Å². The van der Waals surface area contributed by atoms with Crippen LogP contribution < -0.4 is 5.32 Å². The van der Waals surface area contributed by atoms with E-state index < -0.39 is 6.10 Å². The lowest BCUT2D eigenvalue weighted by Gasteiger charge is -2.23. The third kappa shape index (κ3) is 3.32. The van der Waals surface area contributed by atoms with Gasteiger partial charge in [-0.3, -0.25) is 9.69 Å². The van der Waals surface area contributed by atoms with Crippen molar-refractivity contribution < 1.29 is 15.0 Å². The highest BCUT2D eigenvalue weighted by molar-refractivity contribution is 5.73. The fraction of sp³-hybridized carbons (Fsp3) is 0.500. The second-order valence-corrected chi connectivity index (χ2v) is 4.96. The molecular formula is C14H20N2O3. The van der Waals surface area contributed by atoms with Gasteiger partial charge in [0.25, 0.3) is 0 Å². The molecule has 1 heterocycles. The van der Waals surface area contributed by atoms with Crippen LogP contribution in [0.3, 0.4) is 0 Å². The van der Waals surface area contributed by atoms with Crippen LogP contribution in [-0.2, 0) is 11.3 Å². The number of hydrogen-bond acceptors (Lipinski definition) is 4. The Kier molecular flexibility index (Phi) is 4.52.